The van der Waals surface area contributed by atoms with Crippen LogP contribution < -0.4 is 0 Å². The van der Waals surface area contributed by atoms with Gasteiger partial charge in [0.15, 0.2) is 0 Å². The van der Waals surface area contributed by atoms with Gasteiger partial charge in [-0.1, -0.05) is 0 Å². The van der Waals surface area contributed by atoms with Crippen molar-refractivity contribution in [1.82, 2.24) is 0 Å². The summed E-state index contributed by atoms with van der Waals surface area (Å²) >= 11 is 0. The Morgan fingerprint density at radius 2 is 1.88 bits per heavy atom. The Morgan fingerprint density at radius 1 is 1.29 bits per heavy atom. The van der Waals surface area contributed by atoms with Gasteiger partial charge in [-0.05, 0) is 18.2 Å². The first-order valence-electron chi connectivity index (χ1n) is 4.45. The molecule has 0 aliphatic carbocycles. The lowest BCUT2D eigenvalue weighted by atomic mass is 9.94. The maximum absolute atomic E-state index is 13.1. The number of carbonyl (C=O) groups is 1. The third-order valence-electron chi connectivity index (χ3n) is 2.11. The number of benzene rings is 1. The van der Waals surface area contributed by atoms with Gasteiger partial charge in [-0.15, -0.1) is 0 Å². The highest BCUT2D eigenvalue weighted by atomic mass is 19.4. The quantitative estimate of drug-likeness (QED) is 0.841. The average Bonchev–Trinajstić information content (AvgIpc) is 2.16. The first-order valence-corrected chi connectivity index (χ1v) is 4.45. The molecule has 0 bridgehead atoms. The second-order valence-electron chi connectivity index (χ2n) is 3.36. The summed E-state index contributed by atoms with van der Waals surface area (Å²) in [5.74, 6) is -6.64. The molecule has 0 spiro atoms. The topological polar surface area (TPSA) is 37.3 Å². The molecule has 1 aromatic rings. The second-order valence-corrected chi connectivity index (χ2v) is 3.36. The van der Waals surface area contributed by atoms with Crippen molar-refractivity contribution in [2.24, 2.45) is 0 Å². The molecule has 7 heteroatoms. The van der Waals surface area contributed by atoms with E-state index in [1.165, 1.54) is 0 Å². The fraction of sp³-hybridized carbons (Fsp3) is 0.300. The van der Waals surface area contributed by atoms with Gasteiger partial charge in [-0.3, -0.25) is 4.79 Å². The van der Waals surface area contributed by atoms with Gasteiger partial charge < -0.3 is 5.11 Å². The van der Waals surface area contributed by atoms with Crippen LogP contribution in [0.1, 0.15) is 17.9 Å². The molecular formula is C10H7F5O2. The van der Waals surface area contributed by atoms with Gasteiger partial charge in [0.1, 0.15) is 11.6 Å². The van der Waals surface area contributed by atoms with E-state index < -0.39 is 41.7 Å². The molecular weight excluding hydrogens is 247 g/mol. The number of alkyl halides is 3. The molecule has 1 aromatic carbocycles. The molecule has 0 saturated heterocycles. The lowest BCUT2D eigenvalue weighted by Gasteiger charge is -2.19. The Hall–Kier alpha value is -1.66. The summed E-state index contributed by atoms with van der Waals surface area (Å²) in [6.45, 7) is 0. The van der Waals surface area contributed by atoms with Crippen molar-refractivity contribution in [3.8, 4) is 0 Å². The molecule has 1 unspecified atom stereocenters. The van der Waals surface area contributed by atoms with Crippen molar-refractivity contribution >= 4 is 5.97 Å². The number of carboxylic acids is 1. The highest BCUT2D eigenvalue weighted by Gasteiger charge is 2.43. The molecule has 0 heterocycles. The molecule has 0 amide bonds. The normalized spacial score (nSPS) is 13.5. The molecule has 0 aliphatic rings. The molecule has 0 radical (unpaired) electrons. The van der Waals surface area contributed by atoms with Crippen LogP contribution in [-0.4, -0.2) is 17.3 Å². The van der Waals surface area contributed by atoms with E-state index >= 15 is 0 Å². The van der Waals surface area contributed by atoms with Gasteiger partial charge in [0.25, 0.3) is 0 Å². The number of aliphatic carboxylic acids is 1. The van der Waals surface area contributed by atoms with Gasteiger partial charge >= 0.3 is 12.1 Å². The molecule has 94 valence electrons. The van der Waals surface area contributed by atoms with Gasteiger partial charge in [0.05, 0.1) is 12.3 Å². The summed E-state index contributed by atoms with van der Waals surface area (Å²) < 4.78 is 63.5. The van der Waals surface area contributed by atoms with E-state index in [0.717, 1.165) is 0 Å². The highest BCUT2D eigenvalue weighted by Crippen LogP contribution is 2.38. The Labute approximate surface area is 92.7 Å². The van der Waals surface area contributed by atoms with Crippen molar-refractivity contribution < 1.29 is 31.9 Å². The zero-order valence-corrected chi connectivity index (χ0v) is 8.26. The third kappa shape index (κ3) is 3.40. The fourth-order valence-electron chi connectivity index (χ4n) is 1.36. The predicted octanol–water partition coefficient (Wildman–Crippen LogP) is 3.09. The maximum atomic E-state index is 13.1. The van der Waals surface area contributed by atoms with Gasteiger partial charge in [0, 0.05) is 5.56 Å². The first kappa shape index (κ1) is 13.4. The van der Waals surface area contributed by atoms with Crippen molar-refractivity contribution in [2.75, 3.05) is 0 Å². The van der Waals surface area contributed by atoms with Crippen molar-refractivity contribution in [3.05, 3.63) is 35.4 Å². The van der Waals surface area contributed by atoms with Crippen LogP contribution >= 0.6 is 0 Å². The van der Waals surface area contributed by atoms with Crippen molar-refractivity contribution in [1.29, 1.82) is 0 Å². The fourth-order valence-corrected chi connectivity index (χ4v) is 1.36. The molecule has 1 N–H and O–H groups in total. The molecule has 0 aliphatic heterocycles. The average molecular weight is 254 g/mol. The van der Waals surface area contributed by atoms with Crippen LogP contribution in [0.4, 0.5) is 22.0 Å². The zero-order valence-electron chi connectivity index (χ0n) is 8.26. The van der Waals surface area contributed by atoms with E-state index in [9.17, 15) is 26.7 Å². The Morgan fingerprint density at radius 3 is 2.35 bits per heavy atom. The highest BCUT2D eigenvalue weighted by molar-refractivity contribution is 5.68. The first-order chi connectivity index (χ1) is 7.71. The van der Waals surface area contributed by atoms with Crippen LogP contribution in [0.3, 0.4) is 0 Å². The van der Waals surface area contributed by atoms with E-state index in [1.54, 1.807) is 0 Å². The molecule has 2 nitrogen and oxygen atoms in total. The standard InChI is InChI=1S/C10H7F5O2/c11-5-1-2-8(12)6(3-5)7(4-9(16)17)10(13,14)15/h1-3,7H,4H2,(H,16,17). The number of halogens is 5. The lowest BCUT2D eigenvalue weighted by Crippen LogP contribution is -2.24. The number of hydrogen-bond acceptors (Lipinski definition) is 1. The SMILES string of the molecule is O=C(O)CC(c1cc(F)ccc1F)C(F)(F)F. The van der Waals surface area contributed by atoms with Gasteiger partial charge in [-0.2, -0.15) is 13.2 Å². The van der Waals surface area contributed by atoms with Crippen LogP contribution in [0.2, 0.25) is 0 Å². The minimum absolute atomic E-state index is 0.358. The molecule has 1 atom stereocenters. The smallest absolute Gasteiger partial charge is 0.396 e. The van der Waals surface area contributed by atoms with Crippen LogP contribution in [0, 0.1) is 11.6 Å². The summed E-state index contributed by atoms with van der Waals surface area (Å²) in [7, 11) is 0. The molecule has 0 saturated carbocycles. The van der Waals surface area contributed by atoms with Crippen LogP contribution in [-0.2, 0) is 4.79 Å². The molecule has 0 fully saturated rings. The lowest BCUT2D eigenvalue weighted by molar-refractivity contribution is -0.163. The minimum atomic E-state index is -4.95. The van der Waals surface area contributed by atoms with Gasteiger partial charge in [-0.25, -0.2) is 8.78 Å². The van der Waals surface area contributed by atoms with Crippen molar-refractivity contribution in [3.63, 3.8) is 0 Å². The Bertz CT molecular complexity index is 427. The van der Waals surface area contributed by atoms with E-state index in [1.807, 2.05) is 0 Å². The van der Waals surface area contributed by atoms with Crippen LogP contribution in [0.15, 0.2) is 18.2 Å². The number of rotatable bonds is 3. The van der Waals surface area contributed by atoms with E-state index in [-0.39, 0.29) is 0 Å². The summed E-state index contributed by atoms with van der Waals surface area (Å²) in [6.07, 6.45) is -6.29. The van der Waals surface area contributed by atoms with E-state index in [0.29, 0.717) is 18.2 Å². The molecule has 1 rings (SSSR count). The van der Waals surface area contributed by atoms with Crippen molar-refractivity contribution in [2.45, 2.75) is 18.5 Å². The third-order valence-corrected chi connectivity index (χ3v) is 2.11. The van der Waals surface area contributed by atoms with Crippen LogP contribution in [0.5, 0.6) is 0 Å². The Balaban J connectivity index is 3.21. The van der Waals surface area contributed by atoms with Gasteiger partial charge in [0.2, 0.25) is 0 Å². The number of hydrogen-bond donors (Lipinski definition) is 1. The number of carboxylic acid groups (broad SMARTS) is 1. The largest absolute Gasteiger partial charge is 0.481 e. The molecule has 17 heavy (non-hydrogen) atoms. The summed E-state index contributed by atoms with van der Waals surface area (Å²) in [4.78, 5) is 10.3. The summed E-state index contributed by atoms with van der Waals surface area (Å²) in [5.41, 5.74) is -1.00. The zero-order chi connectivity index (χ0) is 13.2. The molecule has 0 aromatic heterocycles. The second kappa shape index (κ2) is 4.68. The maximum Gasteiger partial charge on any atom is 0.396 e. The summed E-state index contributed by atoms with van der Waals surface area (Å²) in [6, 6.07) is 1.55. The van der Waals surface area contributed by atoms with E-state index in [4.69, 9.17) is 5.11 Å². The summed E-state index contributed by atoms with van der Waals surface area (Å²) in [5, 5.41) is 8.35. The van der Waals surface area contributed by atoms with Crippen LogP contribution in [0.25, 0.3) is 0 Å². The minimum Gasteiger partial charge on any atom is -0.481 e. The monoisotopic (exact) mass is 254 g/mol. The Kier molecular flexibility index (Phi) is 3.69. The van der Waals surface area contributed by atoms with E-state index in [2.05, 4.69) is 0 Å². The predicted molar refractivity (Wildman–Crippen MR) is 47.4 cm³/mol.